The van der Waals surface area contributed by atoms with Gasteiger partial charge < -0.3 is 15.0 Å². The number of nitrogens with one attached hydrogen (secondary N) is 1. The summed E-state index contributed by atoms with van der Waals surface area (Å²) in [5.41, 5.74) is 1.16. The van der Waals surface area contributed by atoms with Crippen LogP contribution >= 0.6 is 0 Å². The van der Waals surface area contributed by atoms with Crippen molar-refractivity contribution < 1.29 is 9.53 Å². The standard InChI is InChI=1S/C18H27N3O2/c1-23-17-6-4-15(5-7-17)13-21-10-9-20(14-18(21)22)12-16-3-2-8-19-11-16/h4-7,16,19H,2-3,8-14H2,1H3/t16-/m1/s1. The fraction of sp³-hybridized carbons (Fsp3) is 0.611. The molecule has 2 heterocycles. The molecule has 0 spiro atoms. The van der Waals surface area contributed by atoms with Crippen LogP contribution in [0.1, 0.15) is 18.4 Å². The van der Waals surface area contributed by atoms with Crippen molar-refractivity contribution in [2.45, 2.75) is 19.4 Å². The zero-order valence-corrected chi connectivity index (χ0v) is 14.0. The molecule has 2 aliphatic heterocycles. The maximum absolute atomic E-state index is 12.4. The molecule has 5 nitrogen and oxygen atoms in total. The molecule has 126 valence electrons. The highest BCUT2D eigenvalue weighted by atomic mass is 16.5. The number of carbonyl (C=O) groups excluding carboxylic acids is 1. The molecule has 0 radical (unpaired) electrons. The molecule has 5 heteroatoms. The summed E-state index contributed by atoms with van der Waals surface area (Å²) in [5.74, 6) is 1.80. The SMILES string of the molecule is COc1ccc(CN2CCN(C[C@@H]3CCCNC3)CC2=O)cc1. The minimum absolute atomic E-state index is 0.246. The normalized spacial score (nSPS) is 23.1. The van der Waals surface area contributed by atoms with E-state index in [1.165, 1.54) is 12.8 Å². The lowest BCUT2D eigenvalue weighted by Gasteiger charge is -2.37. The monoisotopic (exact) mass is 317 g/mol. The van der Waals surface area contributed by atoms with Gasteiger partial charge in [-0.1, -0.05) is 12.1 Å². The molecule has 0 unspecified atom stereocenters. The Morgan fingerprint density at radius 3 is 2.74 bits per heavy atom. The van der Waals surface area contributed by atoms with E-state index in [9.17, 15) is 4.79 Å². The Balaban J connectivity index is 1.48. The quantitative estimate of drug-likeness (QED) is 0.890. The molecule has 1 amide bonds. The van der Waals surface area contributed by atoms with E-state index in [4.69, 9.17) is 4.74 Å². The van der Waals surface area contributed by atoms with Gasteiger partial charge in [-0.3, -0.25) is 9.69 Å². The van der Waals surface area contributed by atoms with Crippen LogP contribution in [0.5, 0.6) is 5.75 Å². The van der Waals surface area contributed by atoms with Crippen LogP contribution in [-0.2, 0) is 11.3 Å². The summed E-state index contributed by atoms with van der Waals surface area (Å²) in [6.45, 7) is 6.36. The van der Waals surface area contributed by atoms with Crippen molar-refractivity contribution in [1.29, 1.82) is 0 Å². The molecule has 0 saturated carbocycles. The van der Waals surface area contributed by atoms with E-state index in [-0.39, 0.29) is 5.91 Å². The minimum atomic E-state index is 0.246. The Labute approximate surface area is 138 Å². The first-order valence-electron chi connectivity index (χ1n) is 8.58. The third-order valence-electron chi connectivity index (χ3n) is 4.85. The summed E-state index contributed by atoms with van der Waals surface area (Å²) in [4.78, 5) is 16.7. The van der Waals surface area contributed by atoms with Crippen LogP contribution in [0.25, 0.3) is 0 Å². The number of ether oxygens (including phenoxy) is 1. The van der Waals surface area contributed by atoms with Crippen molar-refractivity contribution in [3.05, 3.63) is 29.8 Å². The predicted octanol–water partition coefficient (Wildman–Crippen LogP) is 1.34. The topological polar surface area (TPSA) is 44.8 Å². The van der Waals surface area contributed by atoms with E-state index < -0.39 is 0 Å². The first kappa shape index (κ1) is 16.3. The van der Waals surface area contributed by atoms with Gasteiger partial charge in [0.15, 0.2) is 0 Å². The molecule has 0 bridgehead atoms. The number of nitrogens with zero attached hydrogens (tertiary/aromatic N) is 2. The Morgan fingerprint density at radius 1 is 1.26 bits per heavy atom. The summed E-state index contributed by atoms with van der Waals surface area (Å²) in [5, 5.41) is 3.45. The van der Waals surface area contributed by atoms with Crippen LogP contribution in [0.2, 0.25) is 0 Å². The maximum Gasteiger partial charge on any atom is 0.237 e. The first-order valence-corrected chi connectivity index (χ1v) is 8.58. The number of benzene rings is 1. The minimum Gasteiger partial charge on any atom is -0.497 e. The zero-order chi connectivity index (χ0) is 16.1. The van der Waals surface area contributed by atoms with Gasteiger partial charge in [-0.05, 0) is 49.5 Å². The number of rotatable bonds is 5. The molecule has 2 fully saturated rings. The van der Waals surface area contributed by atoms with E-state index in [0.717, 1.165) is 44.0 Å². The Bertz CT molecular complexity index is 512. The molecule has 2 aliphatic rings. The lowest BCUT2D eigenvalue weighted by atomic mass is 9.99. The van der Waals surface area contributed by atoms with Crippen LogP contribution in [0.15, 0.2) is 24.3 Å². The zero-order valence-electron chi connectivity index (χ0n) is 14.0. The molecule has 1 aromatic rings. The largest absolute Gasteiger partial charge is 0.497 e. The maximum atomic E-state index is 12.4. The van der Waals surface area contributed by atoms with Crippen LogP contribution in [-0.4, -0.2) is 62.1 Å². The van der Waals surface area contributed by atoms with Crippen molar-refractivity contribution in [2.24, 2.45) is 5.92 Å². The molecule has 0 aromatic heterocycles. The fourth-order valence-electron chi connectivity index (χ4n) is 3.48. The van der Waals surface area contributed by atoms with E-state index >= 15 is 0 Å². The van der Waals surface area contributed by atoms with Crippen molar-refractivity contribution >= 4 is 5.91 Å². The van der Waals surface area contributed by atoms with Crippen LogP contribution < -0.4 is 10.1 Å². The first-order chi connectivity index (χ1) is 11.2. The third-order valence-corrected chi connectivity index (χ3v) is 4.85. The average molecular weight is 317 g/mol. The Morgan fingerprint density at radius 2 is 2.09 bits per heavy atom. The summed E-state index contributed by atoms with van der Waals surface area (Å²) >= 11 is 0. The second kappa shape index (κ2) is 7.79. The fourth-order valence-corrected chi connectivity index (χ4v) is 3.48. The number of carbonyl (C=O) groups is 1. The number of amides is 1. The van der Waals surface area contributed by atoms with Crippen molar-refractivity contribution in [3.8, 4) is 5.75 Å². The van der Waals surface area contributed by atoms with Crippen LogP contribution in [0.4, 0.5) is 0 Å². The molecular formula is C18H27N3O2. The third kappa shape index (κ3) is 4.45. The van der Waals surface area contributed by atoms with Crippen LogP contribution in [0, 0.1) is 5.92 Å². The number of methoxy groups -OCH3 is 1. The van der Waals surface area contributed by atoms with Gasteiger partial charge in [0.2, 0.25) is 5.91 Å². The van der Waals surface area contributed by atoms with Crippen molar-refractivity contribution in [2.75, 3.05) is 46.4 Å². The molecule has 3 rings (SSSR count). The summed E-state index contributed by atoms with van der Waals surface area (Å²) in [6.07, 6.45) is 2.54. The van der Waals surface area contributed by atoms with Crippen molar-refractivity contribution in [1.82, 2.24) is 15.1 Å². The van der Waals surface area contributed by atoms with Gasteiger partial charge in [0.05, 0.1) is 13.7 Å². The molecule has 2 saturated heterocycles. The van der Waals surface area contributed by atoms with Gasteiger partial charge in [0, 0.05) is 26.2 Å². The van der Waals surface area contributed by atoms with Crippen LogP contribution in [0.3, 0.4) is 0 Å². The molecule has 1 N–H and O–H groups in total. The van der Waals surface area contributed by atoms with E-state index in [1.54, 1.807) is 7.11 Å². The summed E-state index contributed by atoms with van der Waals surface area (Å²) < 4.78 is 5.17. The molecular weight excluding hydrogens is 290 g/mol. The molecule has 1 atom stereocenters. The van der Waals surface area contributed by atoms with E-state index in [2.05, 4.69) is 10.2 Å². The lowest BCUT2D eigenvalue weighted by Crippen LogP contribution is -2.51. The van der Waals surface area contributed by atoms with Crippen molar-refractivity contribution in [3.63, 3.8) is 0 Å². The number of piperidine rings is 1. The molecule has 0 aliphatic carbocycles. The number of piperazine rings is 1. The number of hydrogen-bond donors (Lipinski definition) is 1. The van der Waals surface area contributed by atoms with Gasteiger partial charge in [0.1, 0.15) is 5.75 Å². The number of hydrogen-bond acceptors (Lipinski definition) is 4. The Hall–Kier alpha value is -1.59. The van der Waals surface area contributed by atoms with E-state index in [1.807, 2.05) is 29.2 Å². The second-order valence-corrected chi connectivity index (χ2v) is 6.61. The van der Waals surface area contributed by atoms with E-state index in [0.29, 0.717) is 19.0 Å². The predicted molar refractivity (Wildman–Crippen MR) is 90.4 cm³/mol. The van der Waals surface area contributed by atoms with Gasteiger partial charge in [0.25, 0.3) is 0 Å². The highest BCUT2D eigenvalue weighted by Gasteiger charge is 2.26. The van der Waals surface area contributed by atoms with Gasteiger partial charge in [-0.2, -0.15) is 0 Å². The smallest absolute Gasteiger partial charge is 0.237 e. The van der Waals surface area contributed by atoms with Gasteiger partial charge in [-0.15, -0.1) is 0 Å². The summed E-state index contributed by atoms with van der Waals surface area (Å²) in [7, 11) is 1.67. The molecule has 1 aromatic carbocycles. The van der Waals surface area contributed by atoms with Gasteiger partial charge in [-0.25, -0.2) is 0 Å². The highest BCUT2D eigenvalue weighted by Crippen LogP contribution is 2.16. The lowest BCUT2D eigenvalue weighted by molar-refractivity contribution is -0.136. The average Bonchev–Trinajstić information content (AvgIpc) is 2.59. The Kier molecular flexibility index (Phi) is 5.51. The second-order valence-electron chi connectivity index (χ2n) is 6.61. The molecule has 23 heavy (non-hydrogen) atoms. The summed E-state index contributed by atoms with van der Waals surface area (Å²) in [6, 6.07) is 7.97. The highest BCUT2D eigenvalue weighted by molar-refractivity contribution is 5.79. The van der Waals surface area contributed by atoms with Gasteiger partial charge >= 0.3 is 0 Å².